The van der Waals surface area contributed by atoms with E-state index in [2.05, 4.69) is 10.1 Å². The van der Waals surface area contributed by atoms with Gasteiger partial charge < -0.3 is 0 Å². The molecule has 94 valence electrons. The SMILES string of the molecule is Cn1nccc1CCC(=O)CCc1ccncc1. The van der Waals surface area contributed by atoms with Gasteiger partial charge in [0.25, 0.3) is 0 Å². The average molecular weight is 243 g/mol. The summed E-state index contributed by atoms with van der Waals surface area (Å²) in [6.45, 7) is 0. The third-order valence-electron chi connectivity index (χ3n) is 3.02. The third kappa shape index (κ3) is 3.52. The number of nitrogens with zero attached hydrogens (tertiary/aromatic N) is 3. The van der Waals surface area contributed by atoms with Crippen molar-refractivity contribution in [1.82, 2.24) is 14.8 Å². The van der Waals surface area contributed by atoms with E-state index >= 15 is 0 Å². The molecule has 18 heavy (non-hydrogen) atoms. The molecule has 2 aromatic heterocycles. The number of rotatable bonds is 6. The fraction of sp³-hybridized carbons (Fsp3) is 0.357. The van der Waals surface area contributed by atoms with Crippen molar-refractivity contribution in [3.8, 4) is 0 Å². The Morgan fingerprint density at radius 1 is 1.11 bits per heavy atom. The first-order chi connectivity index (χ1) is 8.75. The van der Waals surface area contributed by atoms with Crippen LogP contribution in [0.4, 0.5) is 0 Å². The number of hydrogen-bond donors (Lipinski definition) is 0. The predicted molar refractivity (Wildman–Crippen MR) is 69.1 cm³/mol. The van der Waals surface area contributed by atoms with E-state index in [4.69, 9.17) is 0 Å². The van der Waals surface area contributed by atoms with Crippen LogP contribution in [0.3, 0.4) is 0 Å². The highest BCUT2D eigenvalue weighted by molar-refractivity contribution is 5.78. The number of ketones is 1. The highest BCUT2D eigenvalue weighted by Gasteiger charge is 2.05. The van der Waals surface area contributed by atoms with Crippen LogP contribution in [0.5, 0.6) is 0 Å². The van der Waals surface area contributed by atoms with Crippen molar-refractivity contribution in [2.24, 2.45) is 7.05 Å². The van der Waals surface area contributed by atoms with Crippen LogP contribution in [-0.4, -0.2) is 20.5 Å². The molecule has 0 saturated heterocycles. The zero-order valence-electron chi connectivity index (χ0n) is 10.5. The fourth-order valence-corrected chi connectivity index (χ4v) is 1.87. The van der Waals surface area contributed by atoms with Crippen molar-refractivity contribution < 1.29 is 4.79 Å². The van der Waals surface area contributed by atoms with E-state index in [1.54, 1.807) is 18.6 Å². The summed E-state index contributed by atoms with van der Waals surface area (Å²) in [5.41, 5.74) is 2.27. The maximum atomic E-state index is 11.8. The summed E-state index contributed by atoms with van der Waals surface area (Å²) in [5, 5.41) is 4.09. The molecule has 0 spiro atoms. The Morgan fingerprint density at radius 3 is 2.50 bits per heavy atom. The first kappa shape index (κ1) is 12.5. The van der Waals surface area contributed by atoms with Gasteiger partial charge in [0.15, 0.2) is 0 Å². The van der Waals surface area contributed by atoms with Gasteiger partial charge in [0.1, 0.15) is 5.78 Å². The molecule has 0 radical (unpaired) electrons. The van der Waals surface area contributed by atoms with Gasteiger partial charge in [-0.2, -0.15) is 5.10 Å². The second-order valence-electron chi connectivity index (χ2n) is 4.34. The monoisotopic (exact) mass is 243 g/mol. The molecule has 2 aromatic rings. The largest absolute Gasteiger partial charge is 0.300 e. The highest BCUT2D eigenvalue weighted by Crippen LogP contribution is 2.06. The topological polar surface area (TPSA) is 47.8 Å². The molecule has 4 heteroatoms. The van der Waals surface area contributed by atoms with Gasteiger partial charge >= 0.3 is 0 Å². The number of aryl methyl sites for hydroxylation is 3. The Kier molecular flexibility index (Phi) is 4.23. The van der Waals surface area contributed by atoms with Crippen molar-refractivity contribution in [3.63, 3.8) is 0 Å². The number of Topliss-reactive ketones (excluding diaryl/α,β-unsaturated/α-hetero) is 1. The van der Waals surface area contributed by atoms with E-state index in [0.29, 0.717) is 18.6 Å². The Balaban J connectivity index is 1.75. The third-order valence-corrected chi connectivity index (χ3v) is 3.02. The van der Waals surface area contributed by atoms with Crippen LogP contribution >= 0.6 is 0 Å². The van der Waals surface area contributed by atoms with Gasteiger partial charge in [-0.1, -0.05) is 0 Å². The van der Waals surface area contributed by atoms with Crippen molar-refractivity contribution in [2.45, 2.75) is 25.7 Å². The van der Waals surface area contributed by atoms with E-state index in [1.165, 1.54) is 5.56 Å². The maximum Gasteiger partial charge on any atom is 0.133 e. The number of aromatic nitrogens is 3. The van der Waals surface area contributed by atoms with E-state index in [1.807, 2.05) is 29.9 Å². The summed E-state index contributed by atoms with van der Waals surface area (Å²) in [6, 6.07) is 5.86. The van der Waals surface area contributed by atoms with E-state index in [-0.39, 0.29) is 0 Å². The van der Waals surface area contributed by atoms with Gasteiger partial charge in [-0.3, -0.25) is 14.5 Å². The second kappa shape index (κ2) is 6.10. The summed E-state index contributed by atoms with van der Waals surface area (Å²) >= 11 is 0. The molecule has 0 saturated carbocycles. The minimum absolute atomic E-state index is 0.299. The average Bonchev–Trinajstić information content (AvgIpc) is 2.81. The summed E-state index contributed by atoms with van der Waals surface area (Å²) in [6.07, 6.45) is 8.03. The van der Waals surface area contributed by atoms with Crippen molar-refractivity contribution in [1.29, 1.82) is 0 Å². The Hall–Kier alpha value is -1.97. The van der Waals surface area contributed by atoms with Crippen LogP contribution in [0, 0.1) is 0 Å². The summed E-state index contributed by atoms with van der Waals surface area (Å²) in [7, 11) is 1.90. The molecule has 4 nitrogen and oxygen atoms in total. The molecule has 0 N–H and O–H groups in total. The van der Waals surface area contributed by atoms with Crippen molar-refractivity contribution in [2.75, 3.05) is 0 Å². The van der Waals surface area contributed by atoms with Crippen LogP contribution in [0.25, 0.3) is 0 Å². The fourth-order valence-electron chi connectivity index (χ4n) is 1.87. The Labute approximate surface area is 107 Å². The smallest absolute Gasteiger partial charge is 0.133 e. The zero-order valence-corrected chi connectivity index (χ0v) is 10.5. The van der Waals surface area contributed by atoms with Crippen LogP contribution in [0.1, 0.15) is 24.1 Å². The molecule has 0 atom stereocenters. The summed E-state index contributed by atoms with van der Waals surface area (Å²) < 4.78 is 1.82. The molecular weight excluding hydrogens is 226 g/mol. The van der Waals surface area contributed by atoms with Crippen molar-refractivity contribution >= 4 is 5.78 Å². The molecule has 0 unspecified atom stereocenters. The molecule has 2 rings (SSSR count). The lowest BCUT2D eigenvalue weighted by Gasteiger charge is -2.02. The van der Waals surface area contributed by atoms with Gasteiger partial charge in [-0.25, -0.2) is 0 Å². The number of carbonyl (C=O) groups is 1. The maximum absolute atomic E-state index is 11.8. The van der Waals surface area contributed by atoms with Crippen molar-refractivity contribution in [3.05, 3.63) is 48.0 Å². The number of hydrogen-bond acceptors (Lipinski definition) is 3. The molecule has 0 aliphatic carbocycles. The van der Waals surface area contributed by atoms with Gasteiger partial charge in [0.2, 0.25) is 0 Å². The Bertz CT molecular complexity index is 505. The lowest BCUT2D eigenvalue weighted by molar-refractivity contribution is -0.119. The van der Waals surface area contributed by atoms with Crippen LogP contribution in [0.15, 0.2) is 36.8 Å². The normalized spacial score (nSPS) is 10.5. The predicted octanol–water partition coefficient (Wildman–Crippen LogP) is 1.95. The highest BCUT2D eigenvalue weighted by atomic mass is 16.1. The van der Waals surface area contributed by atoms with Gasteiger partial charge in [0.05, 0.1) is 0 Å². The number of pyridine rings is 1. The van der Waals surface area contributed by atoms with Gasteiger partial charge in [-0.15, -0.1) is 0 Å². The molecule has 2 heterocycles. The minimum atomic E-state index is 0.299. The molecule has 0 fully saturated rings. The van der Waals surface area contributed by atoms with E-state index < -0.39 is 0 Å². The van der Waals surface area contributed by atoms with Gasteiger partial charge in [-0.05, 0) is 36.6 Å². The number of carbonyl (C=O) groups excluding carboxylic acids is 1. The van der Waals surface area contributed by atoms with Crippen LogP contribution in [0.2, 0.25) is 0 Å². The van der Waals surface area contributed by atoms with Gasteiger partial charge in [0, 0.05) is 44.2 Å². The lowest BCUT2D eigenvalue weighted by Crippen LogP contribution is -2.05. The second-order valence-corrected chi connectivity index (χ2v) is 4.34. The Morgan fingerprint density at radius 2 is 1.83 bits per heavy atom. The lowest BCUT2D eigenvalue weighted by atomic mass is 10.1. The summed E-state index contributed by atoms with van der Waals surface area (Å²) in [4.78, 5) is 15.7. The molecule has 0 bridgehead atoms. The van der Waals surface area contributed by atoms with Crippen LogP contribution in [-0.2, 0) is 24.7 Å². The molecular formula is C14H17N3O. The van der Waals surface area contributed by atoms with E-state index in [9.17, 15) is 4.79 Å². The molecule has 0 aliphatic heterocycles. The first-order valence-electron chi connectivity index (χ1n) is 6.13. The zero-order chi connectivity index (χ0) is 12.8. The molecule has 0 amide bonds. The van der Waals surface area contributed by atoms with Crippen LogP contribution < -0.4 is 0 Å². The quantitative estimate of drug-likeness (QED) is 0.779. The first-order valence-corrected chi connectivity index (χ1v) is 6.13. The summed E-state index contributed by atoms with van der Waals surface area (Å²) in [5.74, 6) is 0.299. The van der Waals surface area contributed by atoms with E-state index in [0.717, 1.165) is 18.5 Å². The molecule has 0 aliphatic rings. The standard InChI is InChI=1S/C14H17N3O/c1-17-13(8-11-16-17)3-5-14(18)4-2-12-6-9-15-10-7-12/h6-11H,2-5H2,1H3. The minimum Gasteiger partial charge on any atom is -0.300 e. The molecule has 0 aromatic carbocycles.